The lowest BCUT2D eigenvalue weighted by Gasteiger charge is -2.28. The second-order valence-corrected chi connectivity index (χ2v) is 5.55. The zero-order valence-corrected chi connectivity index (χ0v) is 12.8. The minimum absolute atomic E-state index is 0.0298. The summed E-state index contributed by atoms with van der Waals surface area (Å²) in [5.41, 5.74) is 0.471. The van der Waals surface area contributed by atoms with Gasteiger partial charge >= 0.3 is 5.97 Å². The quantitative estimate of drug-likeness (QED) is 0.648. The van der Waals surface area contributed by atoms with Gasteiger partial charge in [0.1, 0.15) is 11.7 Å². The third-order valence-corrected chi connectivity index (χ3v) is 3.89. The van der Waals surface area contributed by atoms with Crippen LogP contribution in [0.15, 0.2) is 36.0 Å². The van der Waals surface area contributed by atoms with Crippen LogP contribution < -0.4 is 10.6 Å². The molecule has 1 unspecified atom stereocenters. The fourth-order valence-electron chi connectivity index (χ4n) is 2.65. The highest BCUT2D eigenvalue weighted by Crippen LogP contribution is 2.22. The van der Waals surface area contributed by atoms with Gasteiger partial charge in [0.2, 0.25) is 11.8 Å². The van der Waals surface area contributed by atoms with E-state index in [1.165, 1.54) is 24.3 Å². The van der Waals surface area contributed by atoms with E-state index in [1.54, 1.807) is 0 Å². The molecule has 0 saturated carbocycles. The number of nitrogens with one attached hydrogen (secondary N) is 2. The SMILES string of the molecule is O=C1CCC(N2C(=O)C=C(Nc3ccc(C(=O)O)cc3)C2=O)C(=O)N1. The standard InChI is InChI=1S/C16H13N3O6/c20-12-6-5-11(14(22)18-12)19-13(21)7-10(15(19)23)17-9-3-1-8(2-4-9)16(24)25/h1-4,7,11,17H,5-6H2,(H,24,25)(H,18,20,22). The molecule has 0 aliphatic carbocycles. The van der Waals surface area contributed by atoms with Crippen LogP contribution in [0.25, 0.3) is 0 Å². The first-order valence-electron chi connectivity index (χ1n) is 7.40. The van der Waals surface area contributed by atoms with Gasteiger partial charge < -0.3 is 10.4 Å². The predicted octanol–water partition coefficient (Wildman–Crippen LogP) is -0.145. The largest absolute Gasteiger partial charge is 0.478 e. The molecule has 25 heavy (non-hydrogen) atoms. The summed E-state index contributed by atoms with van der Waals surface area (Å²) in [7, 11) is 0. The molecule has 2 heterocycles. The Morgan fingerprint density at radius 1 is 1.16 bits per heavy atom. The van der Waals surface area contributed by atoms with Crippen molar-refractivity contribution >= 4 is 35.3 Å². The molecule has 0 radical (unpaired) electrons. The Kier molecular flexibility index (Phi) is 4.05. The van der Waals surface area contributed by atoms with Crippen LogP contribution >= 0.6 is 0 Å². The number of aromatic carboxylic acids is 1. The Bertz CT molecular complexity index is 827. The molecule has 3 N–H and O–H groups in total. The minimum Gasteiger partial charge on any atom is -0.478 e. The Morgan fingerprint density at radius 3 is 2.44 bits per heavy atom. The Hall–Kier alpha value is -3.49. The number of benzene rings is 1. The molecule has 3 rings (SSSR count). The molecule has 1 fully saturated rings. The van der Waals surface area contributed by atoms with E-state index in [2.05, 4.69) is 10.6 Å². The maximum absolute atomic E-state index is 12.4. The molecule has 0 bridgehead atoms. The molecule has 9 nitrogen and oxygen atoms in total. The van der Waals surface area contributed by atoms with E-state index in [1.807, 2.05) is 0 Å². The normalized spacial score (nSPS) is 20.4. The van der Waals surface area contributed by atoms with Crippen molar-refractivity contribution < 1.29 is 29.1 Å². The van der Waals surface area contributed by atoms with Crippen molar-refractivity contribution in [1.29, 1.82) is 0 Å². The van der Waals surface area contributed by atoms with Gasteiger partial charge in [0.15, 0.2) is 0 Å². The third-order valence-electron chi connectivity index (χ3n) is 3.89. The van der Waals surface area contributed by atoms with E-state index < -0.39 is 35.6 Å². The summed E-state index contributed by atoms with van der Waals surface area (Å²) in [6, 6.07) is 4.59. The summed E-state index contributed by atoms with van der Waals surface area (Å²) in [4.78, 5) is 59.2. The number of imide groups is 2. The van der Waals surface area contributed by atoms with Crippen molar-refractivity contribution in [2.45, 2.75) is 18.9 Å². The lowest BCUT2D eigenvalue weighted by Crippen LogP contribution is -2.54. The van der Waals surface area contributed by atoms with E-state index in [-0.39, 0.29) is 24.1 Å². The third kappa shape index (κ3) is 3.11. The Morgan fingerprint density at radius 2 is 1.84 bits per heavy atom. The lowest BCUT2D eigenvalue weighted by atomic mass is 10.0. The summed E-state index contributed by atoms with van der Waals surface area (Å²) < 4.78 is 0. The van der Waals surface area contributed by atoms with Crippen LogP contribution in [0.5, 0.6) is 0 Å². The summed E-state index contributed by atoms with van der Waals surface area (Å²) in [5, 5.41) is 13.7. The van der Waals surface area contributed by atoms with Gasteiger partial charge in [-0.05, 0) is 30.7 Å². The second kappa shape index (κ2) is 6.19. The first-order valence-corrected chi connectivity index (χ1v) is 7.40. The number of carbonyl (C=O) groups excluding carboxylic acids is 4. The van der Waals surface area contributed by atoms with Crippen molar-refractivity contribution in [3.63, 3.8) is 0 Å². The number of carboxylic acid groups (broad SMARTS) is 1. The minimum atomic E-state index is -1.08. The molecule has 2 aliphatic heterocycles. The fraction of sp³-hybridized carbons (Fsp3) is 0.188. The van der Waals surface area contributed by atoms with Crippen molar-refractivity contribution in [1.82, 2.24) is 10.2 Å². The van der Waals surface area contributed by atoms with Gasteiger partial charge in [0.05, 0.1) is 5.56 Å². The fourth-order valence-corrected chi connectivity index (χ4v) is 2.65. The van der Waals surface area contributed by atoms with Gasteiger partial charge in [-0.3, -0.25) is 29.4 Å². The Balaban J connectivity index is 1.74. The average molecular weight is 343 g/mol. The lowest BCUT2D eigenvalue weighted by molar-refractivity contribution is -0.149. The molecule has 1 saturated heterocycles. The van der Waals surface area contributed by atoms with Crippen molar-refractivity contribution in [2.24, 2.45) is 0 Å². The van der Waals surface area contributed by atoms with E-state index >= 15 is 0 Å². The van der Waals surface area contributed by atoms with Gasteiger partial charge in [-0.15, -0.1) is 0 Å². The highest BCUT2D eigenvalue weighted by Gasteiger charge is 2.42. The number of carbonyl (C=O) groups is 5. The van der Waals surface area contributed by atoms with Crippen LogP contribution in [-0.4, -0.2) is 45.6 Å². The topological polar surface area (TPSA) is 133 Å². The van der Waals surface area contributed by atoms with Gasteiger partial charge in [-0.1, -0.05) is 0 Å². The monoisotopic (exact) mass is 343 g/mol. The van der Waals surface area contributed by atoms with Crippen LogP contribution in [0.4, 0.5) is 5.69 Å². The molecule has 1 atom stereocenters. The van der Waals surface area contributed by atoms with Crippen molar-refractivity contribution in [3.8, 4) is 0 Å². The number of amides is 4. The zero-order chi connectivity index (χ0) is 18.1. The van der Waals surface area contributed by atoms with Gasteiger partial charge in [0, 0.05) is 18.2 Å². The predicted molar refractivity (Wildman–Crippen MR) is 83.1 cm³/mol. The summed E-state index contributed by atoms with van der Waals surface area (Å²) in [6.45, 7) is 0. The number of piperidine rings is 1. The number of carboxylic acids is 1. The van der Waals surface area contributed by atoms with Crippen LogP contribution in [0.1, 0.15) is 23.2 Å². The number of nitrogens with zero attached hydrogens (tertiary/aromatic N) is 1. The summed E-state index contributed by atoms with van der Waals surface area (Å²) >= 11 is 0. The number of hydrogen-bond acceptors (Lipinski definition) is 6. The molecule has 4 amide bonds. The molecule has 9 heteroatoms. The number of rotatable bonds is 4. The average Bonchev–Trinajstić information content (AvgIpc) is 2.82. The van der Waals surface area contributed by atoms with Gasteiger partial charge in [0.25, 0.3) is 11.8 Å². The van der Waals surface area contributed by atoms with E-state index in [4.69, 9.17) is 5.11 Å². The van der Waals surface area contributed by atoms with E-state index in [0.29, 0.717) is 5.69 Å². The first kappa shape index (κ1) is 16.4. The molecule has 1 aromatic carbocycles. The molecule has 128 valence electrons. The highest BCUT2D eigenvalue weighted by molar-refractivity contribution is 6.20. The van der Waals surface area contributed by atoms with Gasteiger partial charge in [-0.25, -0.2) is 4.79 Å². The van der Waals surface area contributed by atoms with Crippen LogP contribution in [0.3, 0.4) is 0 Å². The molecular weight excluding hydrogens is 330 g/mol. The number of anilines is 1. The highest BCUT2D eigenvalue weighted by atomic mass is 16.4. The molecule has 2 aliphatic rings. The van der Waals surface area contributed by atoms with Crippen LogP contribution in [0, 0.1) is 0 Å². The molecule has 0 spiro atoms. The summed E-state index contributed by atoms with van der Waals surface area (Å²) in [5.74, 6) is -3.53. The molecule has 1 aromatic rings. The Labute approximate surface area is 141 Å². The smallest absolute Gasteiger partial charge is 0.335 e. The summed E-state index contributed by atoms with van der Waals surface area (Å²) in [6.07, 6.45) is 1.20. The molecular formula is C16H13N3O6. The van der Waals surface area contributed by atoms with Crippen LogP contribution in [-0.2, 0) is 19.2 Å². The van der Waals surface area contributed by atoms with Crippen molar-refractivity contribution in [3.05, 3.63) is 41.6 Å². The van der Waals surface area contributed by atoms with E-state index in [9.17, 15) is 24.0 Å². The van der Waals surface area contributed by atoms with Crippen molar-refractivity contribution in [2.75, 3.05) is 5.32 Å². The zero-order valence-electron chi connectivity index (χ0n) is 12.8. The van der Waals surface area contributed by atoms with Crippen LogP contribution in [0.2, 0.25) is 0 Å². The first-order chi connectivity index (χ1) is 11.9. The second-order valence-electron chi connectivity index (χ2n) is 5.55. The van der Waals surface area contributed by atoms with Gasteiger partial charge in [-0.2, -0.15) is 0 Å². The molecule has 0 aromatic heterocycles. The van der Waals surface area contributed by atoms with E-state index in [0.717, 1.165) is 11.0 Å². The maximum atomic E-state index is 12.4. The maximum Gasteiger partial charge on any atom is 0.335 e. The number of hydrogen-bond donors (Lipinski definition) is 3.